The molecule has 3 saturated carbocycles. The summed E-state index contributed by atoms with van der Waals surface area (Å²) >= 11 is 4.24. The smallest absolute Gasteiger partial charge is 0.00696 e. The Morgan fingerprint density at radius 2 is 0.647 bits per heavy atom. The molecule has 3 aliphatic carbocycles. The third-order valence-corrected chi connectivity index (χ3v) is 5.33. The molecule has 222 valence electrons. The average molecular weight is 721 g/mol. The molecule has 2 nitrogen and oxygen atoms in total. The summed E-state index contributed by atoms with van der Waals surface area (Å²) in [5.74, 6) is 0. The molecule has 0 unspecified atom stereocenters. The van der Waals surface area contributed by atoms with Crippen LogP contribution in [-0.4, -0.2) is 18.1 Å². The van der Waals surface area contributed by atoms with Crippen molar-refractivity contribution in [3.05, 3.63) is 0 Å². The van der Waals surface area contributed by atoms with Gasteiger partial charge in [0, 0.05) is 59.6 Å². The van der Waals surface area contributed by atoms with Gasteiger partial charge in [-0.25, -0.2) is 0 Å². The molecule has 0 atom stereocenters. The minimum atomic E-state index is 0. The Labute approximate surface area is 248 Å². The number of nitrogens with two attached hydrogens (primary N) is 1. The lowest BCUT2D eigenvalue weighted by molar-refractivity contribution is 0.291. The highest BCUT2D eigenvalue weighted by atomic mass is 128. The van der Waals surface area contributed by atoms with Crippen molar-refractivity contribution in [1.82, 2.24) is 5.32 Å². The number of nitrogens with one attached hydrogen (secondary N) is 1. The standard InChI is InChI=1S/C12H23N.C6H13N.6C2H6.I2.3H2/c1-3-7-11(8-4-1)13-12-9-5-2-6-10-12;7-6-4-2-1-3-5-6;7*1-2;;;/h11-13H,1-10H2;6H,1-5,7H2;6*1-2H3;;3*1H. The summed E-state index contributed by atoms with van der Waals surface area (Å²) in [5, 5.41) is 3.86. The summed E-state index contributed by atoms with van der Waals surface area (Å²) < 4.78 is 0. The van der Waals surface area contributed by atoms with Crippen LogP contribution in [0.15, 0.2) is 0 Å². The highest BCUT2D eigenvalue weighted by Gasteiger charge is 2.19. The Bertz CT molecular complexity index is 235. The van der Waals surface area contributed by atoms with E-state index in [0.29, 0.717) is 6.04 Å². The fourth-order valence-electron chi connectivity index (χ4n) is 4.01. The van der Waals surface area contributed by atoms with E-state index >= 15 is 0 Å². The fourth-order valence-corrected chi connectivity index (χ4v) is 4.01. The second-order valence-electron chi connectivity index (χ2n) is 7.23. The monoisotopic (exact) mass is 720 g/mol. The fraction of sp³-hybridized carbons (Fsp3) is 1.00. The lowest BCUT2D eigenvalue weighted by atomic mass is 9.91. The maximum absolute atomic E-state index is 5.63. The van der Waals surface area contributed by atoms with Gasteiger partial charge in [-0.1, -0.05) is 141 Å². The Hall–Kier alpha value is 1.38. The van der Waals surface area contributed by atoms with E-state index in [-0.39, 0.29) is 4.28 Å². The molecule has 3 aliphatic rings. The molecule has 0 aromatic heterocycles. The van der Waals surface area contributed by atoms with Crippen LogP contribution in [-0.2, 0) is 0 Å². The van der Waals surface area contributed by atoms with Crippen LogP contribution in [0.25, 0.3) is 0 Å². The van der Waals surface area contributed by atoms with Crippen molar-refractivity contribution in [3.8, 4) is 0 Å². The molecule has 0 aromatic rings. The largest absolute Gasteiger partial charge is 0.328 e. The molecule has 0 radical (unpaired) electrons. The molecular formula is C30H78I2N2. The van der Waals surface area contributed by atoms with E-state index in [1.54, 1.807) is 0 Å². The lowest BCUT2D eigenvalue weighted by Gasteiger charge is -2.30. The first kappa shape index (κ1) is 48.4. The zero-order valence-corrected chi connectivity index (χ0v) is 30.5. The molecule has 0 amide bonds. The quantitative estimate of drug-likeness (QED) is 0.279. The Kier molecular flexibility index (Phi) is 78.4. The highest BCUT2D eigenvalue weighted by Crippen LogP contribution is 2.22. The molecule has 3 rings (SSSR count). The van der Waals surface area contributed by atoms with Crippen molar-refractivity contribution >= 4 is 37.2 Å². The third-order valence-electron chi connectivity index (χ3n) is 5.33. The molecular weight excluding hydrogens is 642 g/mol. The molecule has 4 heteroatoms. The van der Waals surface area contributed by atoms with Gasteiger partial charge >= 0.3 is 0 Å². The van der Waals surface area contributed by atoms with E-state index in [2.05, 4.69) is 42.5 Å². The van der Waals surface area contributed by atoms with Gasteiger partial charge in [-0.05, 0) is 38.5 Å². The first-order valence-electron chi connectivity index (χ1n) is 15.5. The first-order valence-corrected chi connectivity index (χ1v) is 21.8. The zero-order valence-electron chi connectivity index (χ0n) is 26.2. The Morgan fingerprint density at radius 3 is 0.824 bits per heavy atom. The molecule has 0 spiro atoms. The van der Waals surface area contributed by atoms with E-state index in [1.807, 2.05) is 83.1 Å². The van der Waals surface area contributed by atoms with Gasteiger partial charge in [0.25, 0.3) is 0 Å². The number of rotatable bonds is 2. The predicted molar refractivity (Wildman–Crippen MR) is 190 cm³/mol. The van der Waals surface area contributed by atoms with Gasteiger partial charge in [0.1, 0.15) is 0 Å². The molecule has 0 saturated heterocycles. The van der Waals surface area contributed by atoms with Crippen LogP contribution < -0.4 is 11.1 Å². The van der Waals surface area contributed by atoms with E-state index in [9.17, 15) is 0 Å². The highest BCUT2D eigenvalue weighted by molar-refractivity contribution is 15.0. The Morgan fingerprint density at radius 1 is 0.441 bits per heavy atom. The van der Waals surface area contributed by atoms with Crippen LogP contribution in [0.1, 0.15) is 184 Å². The minimum absolute atomic E-state index is 0. The topological polar surface area (TPSA) is 38.0 Å². The van der Waals surface area contributed by atoms with Gasteiger partial charge in [-0.2, -0.15) is 0 Å². The minimum Gasteiger partial charge on any atom is -0.328 e. The maximum atomic E-state index is 5.63. The normalized spacial score (nSPS) is 17.0. The zero-order chi connectivity index (χ0) is 28.0. The predicted octanol–water partition coefficient (Wildman–Crippen LogP) is 13.2. The van der Waals surface area contributed by atoms with Crippen molar-refractivity contribution < 1.29 is 4.28 Å². The summed E-state index contributed by atoms with van der Waals surface area (Å²) in [6.07, 6.45) is 21.2. The van der Waals surface area contributed by atoms with Gasteiger partial charge < -0.3 is 11.1 Å². The molecule has 0 bridgehead atoms. The van der Waals surface area contributed by atoms with Gasteiger partial charge in [0.15, 0.2) is 0 Å². The lowest BCUT2D eigenvalue weighted by Crippen LogP contribution is -2.40. The molecule has 0 heterocycles. The summed E-state index contributed by atoms with van der Waals surface area (Å²) in [4.78, 5) is 0. The van der Waals surface area contributed by atoms with Crippen molar-refractivity contribution in [2.45, 2.75) is 198 Å². The molecule has 0 aliphatic heterocycles. The van der Waals surface area contributed by atoms with E-state index in [0.717, 1.165) is 12.1 Å². The summed E-state index contributed by atoms with van der Waals surface area (Å²) in [6, 6.07) is 2.28. The second-order valence-corrected chi connectivity index (χ2v) is 7.23. The van der Waals surface area contributed by atoms with Crippen molar-refractivity contribution in [1.29, 1.82) is 0 Å². The number of halogens is 2. The van der Waals surface area contributed by atoms with Gasteiger partial charge in [-0.15, -0.1) is 0 Å². The van der Waals surface area contributed by atoms with E-state index < -0.39 is 0 Å². The van der Waals surface area contributed by atoms with Crippen LogP contribution in [0.4, 0.5) is 0 Å². The summed E-state index contributed by atoms with van der Waals surface area (Å²) in [5.41, 5.74) is 5.63. The molecule has 3 fully saturated rings. The van der Waals surface area contributed by atoms with Crippen molar-refractivity contribution in [2.75, 3.05) is 0 Å². The summed E-state index contributed by atoms with van der Waals surface area (Å²) in [6.45, 7) is 24.0. The van der Waals surface area contributed by atoms with Crippen molar-refractivity contribution in [3.63, 3.8) is 0 Å². The molecule has 34 heavy (non-hydrogen) atoms. The summed E-state index contributed by atoms with van der Waals surface area (Å²) in [7, 11) is 0. The van der Waals surface area contributed by atoms with E-state index in [4.69, 9.17) is 5.73 Å². The Balaban J connectivity index is -0.0000000407. The van der Waals surface area contributed by atoms with Gasteiger partial charge in [0.2, 0.25) is 0 Å². The van der Waals surface area contributed by atoms with Crippen molar-refractivity contribution in [2.24, 2.45) is 5.73 Å². The molecule has 3 N–H and O–H groups in total. The van der Waals surface area contributed by atoms with Gasteiger partial charge in [0.05, 0.1) is 0 Å². The second kappa shape index (κ2) is 55.0. The van der Waals surface area contributed by atoms with Crippen LogP contribution in [0, 0.1) is 0 Å². The SMILES string of the molecule is C1CCC(NC2CCCCC2)CC1.CC.CC.CC.CC.CC.CC.II.NC1CCCCC1.[HH].[HH].[HH]. The third kappa shape index (κ3) is 40.5. The average Bonchev–Trinajstić information content (AvgIpc) is 2.98. The van der Waals surface area contributed by atoms with Crippen LogP contribution in [0.3, 0.4) is 0 Å². The number of hydrogen-bond acceptors (Lipinski definition) is 2. The first-order chi connectivity index (χ1) is 16.8. The van der Waals surface area contributed by atoms with Crippen LogP contribution >= 0.6 is 37.2 Å². The van der Waals surface area contributed by atoms with Crippen LogP contribution in [0.2, 0.25) is 0 Å². The maximum Gasteiger partial charge on any atom is 0.00696 e. The van der Waals surface area contributed by atoms with Crippen LogP contribution in [0.5, 0.6) is 0 Å². The van der Waals surface area contributed by atoms with Gasteiger partial charge in [-0.3, -0.25) is 0 Å². The number of hydrogen-bond donors (Lipinski definition) is 2. The van der Waals surface area contributed by atoms with E-state index in [1.165, 1.54) is 96.3 Å². The molecule has 0 aromatic carbocycles.